The maximum Gasteiger partial charge on any atom is 0.223 e. The van der Waals surface area contributed by atoms with Crippen molar-refractivity contribution in [1.82, 2.24) is 14.6 Å². The number of nitrogens with one attached hydrogen (secondary N) is 1. The first-order valence-electron chi connectivity index (χ1n) is 11.1. The first kappa shape index (κ1) is 19.1. The molecule has 0 spiro atoms. The van der Waals surface area contributed by atoms with Crippen LogP contribution in [0.3, 0.4) is 0 Å². The monoisotopic (exact) mass is 410 g/mol. The van der Waals surface area contributed by atoms with E-state index in [2.05, 4.69) is 51.5 Å². The molecule has 1 aliphatic heterocycles. The van der Waals surface area contributed by atoms with Crippen LogP contribution in [0.5, 0.6) is 0 Å². The van der Waals surface area contributed by atoms with E-state index in [0.717, 1.165) is 64.3 Å². The highest BCUT2D eigenvalue weighted by Crippen LogP contribution is 2.43. The van der Waals surface area contributed by atoms with Crippen LogP contribution in [0.1, 0.15) is 25.7 Å². The van der Waals surface area contributed by atoms with Crippen molar-refractivity contribution < 1.29 is 4.79 Å². The van der Waals surface area contributed by atoms with Gasteiger partial charge in [0.15, 0.2) is 0 Å². The number of aromatic nitrogens is 1. The van der Waals surface area contributed by atoms with Crippen LogP contribution in [-0.2, 0) is 4.79 Å². The highest BCUT2D eigenvalue weighted by atomic mass is 32.1. The molecule has 1 saturated carbocycles. The van der Waals surface area contributed by atoms with E-state index in [1.54, 1.807) is 11.5 Å². The number of rotatable bonds is 7. The van der Waals surface area contributed by atoms with Crippen LogP contribution < -0.4 is 10.2 Å². The van der Waals surface area contributed by atoms with E-state index in [9.17, 15) is 4.79 Å². The standard InChI is InChI=1S/C23H30N4OS/c28-23(20-16-17-7-8-18(20)15-17)24-9-3-4-10-26-11-13-27(14-12-26)22-19-5-1-2-6-21(19)29-25-22/h1-2,5-8,17-18,20H,3-4,9-16H2,(H,24,28)/t17-,18+,20?/m0/s1. The van der Waals surface area contributed by atoms with Gasteiger partial charge in [0.2, 0.25) is 5.91 Å². The fourth-order valence-electron chi connectivity index (χ4n) is 5.17. The third kappa shape index (κ3) is 4.05. The van der Waals surface area contributed by atoms with Gasteiger partial charge in [-0.1, -0.05) is 24.3 Å². The maximum absolute atomic E-state index is 12.4. The number of carbonyl (C=O) groups excluding carboxylic acids is 1. The number of hydrogen-bond acceptors (Lipinski definition) is 5. The lowest BCUT2D eigenvalue weighted by molar-refractivity contribution is -0.125. The third-order valence-electron chi connectivity index (χ3n) is 6.85. The van der Waals surface area contributed by atoms with Gasteiger partial charge in [-0.25, -0.2) is 0 Å². The molecule has 5 nitrogen and oxygen atoms in total. The van der Waals surface area contributed by atoms with Crippen LogP contribution in [0.2, 0.25) is 0 Å². The van der Waals surface area contributed by atoms with Crippen molar-refractivity contribution in [3.05, 3.63) is 36.4 Å². The SMILES string of the molecule is O=C(NCCCCN1CCN(c2nsc3ccccc23)CC1)C1C[C@H]2C=C[C@@H]1C2. The second-order valence-corrected chi connectivity index (χ2v) is 9.52. The van der Waals surface area contributed by atoms with Crippen molar-refractivity contribution in [2.75, 3.05) is 44.2 Å². The number of unbranched alkanes of at least 4 members (excludes halogenated alkanes) is 1. The molecule has 3 aliphatic rings. The Kier molecular flexibility index (Phi) is 5.55. The average Bonchev–Trinajstić information content (AvgIpc) is 3.49. The molecule has 2 aromatic rings. The minimum atomic E-state index is 0.236. The minimum absolute atomic E-state index is 0.236. The van der Waals surface area contributed by atoms with Gasteiger partial charge in [0.05, 0.1) is 4.70 Å². The van der Waals surface area contributed by atoms with E-state index in [0.29, 0.717) is 11.8 Å². The lowest BCUT2D eigenvalue weighted by atomic mass is 9.93. The summed E-state index contributed by atoms with van der Waals surface area (Å²) in [6, 6.07) is 8.52. The molecule has 0 radical (unpaired) electrons. The minimum Gasteiger partial charge on any atom is -0.356 e. The molecule has 29 heavy (non-hydrogen) atoms. The Balaban J connectivity index is 1.00. The summed E-state index contributed by atoms with van der Waals surface area (Å²) >= 11 is 1.60. The summed E-state index contributed by atoms with van der Waals surface area (Å²) in [5.74, 6) is 2.84. The molecule has 2 fully saturated rings. The number of carbonyl (C=O) groups is 1. The number of fused-ring (bicyclic) bond motifs is 3. The van der Waals surface area contributed by atoms with Gasteiger partial charge in [0.1, 0.15) is 5.82 Å². The molecule has 5 rings (SSSR count). The summed E-state index contributed by atoms with van der Waals surface area (Å²) in [5, 5.41) is 4.47. The van der Waals surface area contributed by atoms with Gasteiger partial charge < -0.3 is 10.2 Å². The van der Waals surface area contributed by atoms with Crippen LogP contribution >= 0.6 is 11.5 Å². The molecule has 2 aliphatic carbocycles. The molecule has 154 valence electrons. The predicted molar refractivity (Wildman–Crippen MR) is 119 cm³/mol. The Labute approximate surface area is 176 Å². The molecule has 2 heterocycles. The first-order valence-corrected chi connectivity index (χ1v) is 11.8. The highest BCUT2D eigenvalue weighted by molar-refractivity contribution is 7.13. The largest absolute Gasteiger partial charge is 0.356 e. The number of nitrogens with zero attached hydrogens (tertiary/aromatic N) is 3. The van der Waals surface area contributed by atoms with Gasteiger partial charge >= 0.3 is 0 Å². The molecule has 1 N–H and O–H groups in total. The fourth-order valence-corrected chi connectivity index (χ4v) is 5.96. The van der Waals surface area contributed by atoms with Crippen LogP contribution in [0.15, 0.2) is 36.4 Å². The second kappa shape index (κ2) is 8.44. The molecular formula is C23H30N4OS. The van der Waals surface area contributed by atoms with Crippen molar-refractivity contribution >= 4 is 33.3 Å². The normalized spacial score (nSPS) is 26.5. The van der Waals surface area contributed by atoms with Gasteiger partial charge in [0.25, 0.3) is 0 Å². The quantitative estimate of drug-likeness (QED) is 0.560. The molecule has 1 amide bonds. The Morgan fingerprint density at radius 2 is 1.97 bits per heavy atom. The number of allylic oxidation sites excluding steroid dienone is 2. The molecular weight excluding hydrogens is 380 g/mol. The number of amides is 1. The van der Waals surface area contributed by atoms with E-state index in [-0.39, 0.29) is 11.8 Å². The van der Waals surface area contributed by atoms with Crippen molar-refractivity contribution in [2.24, 2.45) is 17.8 Å². The lowest BCUT2D eigenvalue weighted by Crippen LogP contribution is -2.46. The first-order chi connectivity index (χ1) is 14.3. The zero-order chi connectivity index (χ0) is 19.6. The summed E-state index contributed by atoms with van der Waals surface area (Å²) in [4.78, 5) is 17.4. The van der Waals surface area contributed by atoms with Crippen molar-refractivity contribution in [1.29, 1.82) is 0 Å². The van der Waals surface area contributed by atoms with Crippen molar-refractivity contribution in [3.63, 3.8) is 0 Å². The van der Waals surface area contributed by atoms with Crippen LogP contribution in [0.25, 0.3) is 10.1 Å². The van der Waals surface area contributed by atoms with Crippen LogP contribution in [0, 0.1) is 17.8 Å². The highest BCUT2D eigenvalue weighted by Gasteiger charge is 2.39. The summed E-state index contributed by atoms with van der Waals surface area (Å²) in [6.45, 7) is 6.22. The Hall–Kier alpha value is -1.92. The fraction of sp³-hybridized carbons (Fsp3) is 0.565. The Bertz CT molecular complexity index is 886. The van der Waals surface area contributed by atoms with Crippen molar-refractivity contribution in [3.8, 4) is 0 Å². The molecule has 1 aromatic heterocycles. The van der Waals surface area contributed by atoms with E-state index < -0.39 is 0 Å². The smallest absolute Gasteiger partial charge is 0.223 e. The number of anilines is 1. The summed E-state index contributed by atoms with van der Waals surface area (Å²) in [6.07, 6.45) is 9.03. The van der Waals surface area contributed by atoms with E-state index in [4.69, 9.17) is 4.37 Å². The van der Waals surface area contributed by atoms with Crippen molar-refractivity contribution in [2.45, 2.75) is 25.7 Å². The molecule has 2 bridgehead atoms. The van der Waals surface area contributed by atoms with Gasteiger partial charge in [0, 0.05) is 44.0 Å². The predicted octanol–water partition coefficient (Wildman–Crippen LogP) is 3.53. The molecule has 3 atom stereocenters. The number of benzene rings is 1. The Morgan fingerprint density at radius 3 is 2.76 bits per heavy atom. The number of piperazine rings is 1. The summed E-state index contributed by atoms with van der Waals surface area (Å²) in [7, 11) is 0. The van der Waals surface area contributed by atoms with Crippen LogP contribution in [-0.4, -0.2) is 54.4 Å². The number of hydrogen-bond donors (Lipinski definition) is 1. The molecule has 1 aromatic carbocycles. The summed E-state index contributed by atoms with van der Waals surface area (Å²) in [5.41, 5.74) is 0. The average molecular weight is 411 g/mol. The third-order valence-corrected chi connectivity index (χ3v) is 7.66. The van der Waals surface area contributed by atoms with E-state index >= 15 is 0 Å². The zero-order valence-electron chi connectivity index (χ0n) is 16.9. The van der Waals surface area contributed by atoms with Gasteiger partial charge in [-0.3, -0.25) is 9.69 Å². The lowest BCUT2D eigenvalue weighted by Gasteiger charge is -2.35. The molecule has 1 unspecified atom stereocenters. The Morgan fingerprint density at radius 1 is 1.10 bits per heavy atom. The second-order valence-electron chi connectivity index (χ2n) is 8.72. The molecule has 6 heteroatoms. The van der Waals surface area contributed by atoms with Gasteiger partial charge in [-0.2, -0.15) is 4.37 Å². The van der Waals surface area contributed by atoms with E-state index in [1.807, 2.05) is 0 Å². The van der Waals surface area contributed by atoms with E-state index in [1.165, 1.54) is 16.5 Å². The van der Waals surface area contributed by atoms with Gasteiger partial charge in [-0.05, 0) is 67.7 Å². The van der Waals surface area contributed by atoms with Gasteiger partial charge in [-0.15, -0.1) is 0 Å². The summed E-state index contributed by atoms with van der Waals surface area (Å²) < 4.78 is 5.97. The molecule has 1 saturated heterocycles. The topological polar surface area (TPSA) is 48.5 Å². The zero-order valence-corrected chi connectivity index (χ0v) is 17.7. The van der Waals surface area contributed by atoms with Crippen LogP contribution in [0.4, 0.5) is 5.82 Å². The maximum atomic E-state index is 12.4.